The number of hydrogen-bond acceptors (Lipinski definition) is 3. The number of nitriles is 1. The monoisotopic (exact) mass is 252 g/mol. The molecule has 0 saturated carbocycles. The van der Waals surface area contributed by atoms with Gasteiger partial charge in [-0.1, -0.05) is 6.92 Å². The standard InChI is InChI=1S/C13H14F2N2O/c1-2-17(7-3-6-16)9-13(18)10-4-5-11(14)12(15)8-10/h4-5,8H,2-3,7,9H2,1H3. The number of Topliss-reactive ketones (excluding diaryl/α,β-unsaturated/α-hetero) is 1. The quantitative estimate of drug-likeness (QED) is 0.730. The van der Waals surface area contributed by atoms with Crippen LogP contribution in [0.15, 0.2) is 18.2 Å². The molecule has 0 bridgehead atoms. The Bertz CT molecular complexity index is 469. The molecule has 3 nitrogen and oxygen atoms in total. The molecule has 0 N–H and O–H groups in total. The third kappa shape index (κ3) is 3.90. The molecule has 5 heteroatoms. The van der Waals surface area contributed by atoms with Crippen LogP contribution in [0.3, 0.4) is 0 Å². The topological polar surface area (TPSA) is 44.1 Å². The number of rotatable bonds is 6. The molecule has 0 aliphatic rings. The molecule has 18 heavy (non-hydrogen) atoms. The molecule has 0 atom stereocenters. The van der Waals surface area contributed by atoms with E-state index >= 15 is 0 Å². The van der Waals surface area contributed by atoms with E-state index in [1.165, 1.54) is 6.07 Å². The van der Waals surface area contributed by atoms with Crippen molar-refractivity contribution in [3.63, 3.8) is 0 Å². The third-order valence-electron chi connectivity index (χ3n) is 2.60. The Morgan fingerprint density at radius 3 is 2.67 bits per heavy atom. The zero-order valence-electron chi connectivity index (χ0n) is 10.1. The lowest BCUT2D eigenvalue weighted by Crippen LogP contribution is -2.30. The van der Waals surface area contributed by atoms with Crippen LogP contribution in [-0.2, 0) is 0 Å². The van der Waals surface area contributed by atoms with E-state index in [9.17, 15) is 13.6 Å². The number of ketones is 1. The lowest BCUT2D eigenvalue weighted by Gasteiger charge is -2.17. The van der Waals surface area contributed by atoms with Crippen LogP contribution < -0.4 is 0 Å². The van der Waals surface area contributed by atoms with E-state index in [0.717, 1.165) is 12.1 Å². The summed E-state index contributed by atoms with van der Waals surface area (Å²) in [5.74, 6) is -2.28. The maximum absolute atomic E-state index is 13.0. The first kappa shape index (κ1) is 14.3. The van der Waals surface area contributed by atoms with Crippen LogP contribution in [0.1, 0.15) is 23.7 Å². The van der Waals surface area contributed by atoms with Gasteiger partial charge in [0.1, 0.15) is 0 Å². The molecule has 0 unspecified atom stereocenters. The van der Waals surface area contributed by atoms with Crippen molar-refractivity contribution in [2.75, 3.05) is 19.6 Å². The predicted molar refractivity (Wildman–Crippen MR) is 63.0 cm³/mol. The van der Waals surface area contributed by atoms with Gasteiger partial charge in [-0.25, -0.2) is 8.78 Å². The molecule has 0 amide bonds. The molecule has 96 valence electrons. The molecular weight excluding hydrogens is 238 g/mol. The molecule has 0 fully saturated rings. The van der Waals surface area contributed by atoms with Crippen molar-refractivity contribution in [1.29, 1.82) is 5.26 Å². The molecule has 0 heterocycles. The Labute approximate surface area is 105 Å². The van der Waals surface area contributed by atoms with Crippen LogP contribution in [0.25, 0.3) is 0 Å². The van der Waals surface area contributed by atoms with Crippen molar-refractivity contribution in [2.24, 2.45) is 0 Å². The molecule has 0 aromatic heterocycles. The van der Waals surface area contributed by atoms with Gasteiger partial charge in [-0.3, -0.25) is 9.69 Å². The molecular formula is C13H14F2N2O. The van der Waals surface area contributed by atoms with Gasteiger partial charge in [0.25, 0.3) is 0 Å². The minimum absolute atomic E-state index is 0.100. The average molecular weight is 252 g/mol. The largest absolute Gasteiger partial charge is 0.295 e. The predicted octanol–water partition coefficient (Wildman–Crippen LogP) is 2.38. The minimum atomic E-state index is -1.03. The molecule has 1 aromatic rings. The summed E-state index contributed by atoms with van der Waals surface area (Å²) in [4.78, 5) is 13.6. The highest BCUT2D eigenvalue weighted by Gasteiger charge is 2.13. The van der Waals surface area contributed by atoms with E-state index in [4.69, 9.17) is 5.26 Å². The Kier molecular flexibility index (Phi) is 5.40. The average Bonchev–Trinajstić information content (AvgIpc) is 2.37. The van der Waals surface area contributed by atoms with Crippen molar-refractivity contribution in [3.8, 4) is 6.07 Å². The number of hydrogen-bond donors (Lipinski definition) is 0. The fraction of sp³-hybridized carbons (Fsp3) is 0.385. The normalized spacial score (nSPS) is 10.4. The lowest BCUT2D eigenvalue weighted by molar-refractivity contribution is 0.0935. The second-order valence-corrected chi connectivity index (χ2v) is 3.83. The highest BCUT2D eigenvalue weighted by molar-refractivity contribution is 5.97. The van der Waals surface area contributed by atoms with Crippen molar-refractivity contribution in [3.05, 3.63) is 35.4 Å². The maximum Gasteiger partial charge on any atom is 0.176 e. The molecule has 1 rings (SSSR count). The van der Waals surface area contributed by atoms with Gasteiger partial charge >= 0.3 is 0 Å². The molecule has 0 aliphatic carbocycles. The van der Waals surface area contributed by atoms with Gasteiger partial charge in [-0.15, -0.1) is 0 Å². The Hall–Kier alpha value is -1.80. The Balaban J connectivity index is 2.69. The summed E-state index contributed by atoms with van der Waals surface area (Å²) in [5, 5.41) is 8.48. The Morgan fingerprint density at radius 2 is 2.11 bits per heavy atom. The van der Waals surface area contributed by atoms with Gasteiger partial charge in [0.05, 0.1) is 12.6 Å². The van der Waals surface area contributed by atoms with Gasteiger partial charge < -0.3 is 0 Å². The lowest BCUT2D eigenvalue weighted by atomic mass is 10.1. The van der Waals surface area contributed by atoms with E-state index in [0.29, 0.717) is 19.5 Å². The smallest absolute Gasteiger partial charge is 0.176 e. The van der Waals surface area contributed by atoms with Crippen LogP contribution >= 0.6 is 0 Å². The maximum atomic E-state index is 13.0. The van der Waals surface area contributed by atoms with Crippen LogP contribution in [-0.4, -0.2) is 30.3 Å². The third-order valence-corrected chi connectivity index (χ3v) is 2.60. The van der Waals surface area contributed by atoms with E-state index in [1.807, 2.05) is 13.0 Å². The van der Waals surface area contributed by atoms with Crippen molar-refractivity contribution in [2.45, 2.75) is 13.3 Å². The van der Waals surface area contributed by atoms with E-state index < -0.39 is 11.6 Å². The number of halogens is 2. The van der Waals surface area contributed by atoms with Crippen LogP contribution in [0.5, 0.6) is 0 Å². The van der Waals surface area contributed by atoms with E-state index in [1.54, 1.807) is 4.90 Å². The molecule has 0 aliphatic heterocycles. The number of carbonyl (C=O) groups is 1. The molecule has 1 aromatic carbocycles. The molecule has 0 radical (unpaired) electrons. The fourth-order valence-electron chi connectivity index (χ4n) is 1.52. The summed E-state index contributed by atoms with van der Waals surface area (Å²) in [7, 11) is 0. The summed E-state index contributed by atoms with van der Waals surface area (Å²) < 4.78 is 25.7. The summed E-state index contributed by atoms with van der Waals surface area (Å²) in [6.07, 6.45) is 0.332. The molecule has 0 saturated heterocycles. The Morgan fingerprint density at radius 1 is 1.39 bits per heavy atom. The number of nitrogens with zero attached hydrogens (tertiary/aromatic N) is 2. The van der Waals surface area contributed by atoms with Crippen molar-refractivity contribution in [1.82, 2.24) is 4.90 Å². The zero-order valence-corrected chi connectivity index (χ0v) is 10.1. The molecule has 0 spiro atoms. The highest BCUT2D eigenvalue weighted by atomic mass is 19.2. The second kappa shape index (κ2) is 6.82. The van der Waals surface area contributed by atoms with Gasteiger partial charge in [0.15, 0.2) is 17.4 Å². The summed E-state index contributed by atoms with van der Waals surface area (Å²) in [5.41, 5.74) is 0.143. The first-order valence-electron chi connectivity index (χ1n) is 5.66. The van der Waals surface area contributed by atoms with E-state index in [2.05, 4.69) is 0 Å². The van der Waals surface area contributed by atoms with Crippen molar-refractivity contribution >= 4 is 5.78 Å². The van der Waals surface area contributed by atoms with Gasteiger partial charge in [-0.05, 0) is 24.7 Å². The summed E-state index contributed by atoms with van der Waals surface area (Å²) in [6.45, 7) is 3.08. The number of likely N-dealkylation sites (N-methyl/N-ethyl adjacent to an activating group) is 1. The van der Waals surface area contributed by atoms with Crippen LogP contribution in [0, 0.1) is 23.0 Å². The van der Waals surface area contributed by atoms with Crippen LogP contribution in [0.4, 0.5) is 8.78 Å². The second-order valence-electron chi connectivity index (χ2n) is 3.83. The first-order chi connectivity index (χ1) is 8.58. The number of carbonyl (C=O) groups excluding carboxylic acids is 1. The van der Waals surface area contributed by atoms with Gasteiger partial charge in [0.2, 0.25) is 0 Å². The van der Waals surface area contributed by atoms with Crippen molar-refractivity contribution < 1.29 is 13.6 Å². The summed E-state index contributed by atoms with van der Waals surface area (Å²) >= 11 is 0. The summed E-state index contributed by atoms with van der Waals surface area (Å²) in [6, 6.07) is 5.10. The van der Waals surface area contributed by atoms with Crippen LogP contribution in [0.2, 0.25) is 0 Å². The van der Waals surface area contributed by atoms with Gasteiger partial charge in [0, 0.05) is 18.5 Å². The zero-order chi connectivity index (χ0) is 13.5. The fourth-order valence-corrected chi connectivity index (χ4v) is 1.52. The first-order valence-corrected chi connectivity index (χ1v) is 5.66. The minimum Gasteiger partial charge on any atom is -0.295 e. The van der Waals surface area contributed by atoms with E-state index in [-0.39, 0.29) is 17.9 Å². The highest BCUT2D eigenvalue weighted by Crippen LogP contribution is 2.10. The SMILES string of the molecule is CCN(CCC#N)CC(=O)c1ccc(F)c(F)c1. The van der Waals surface area contributed by atoms with Gasteiger partial charge in [-0.2, -0.15) is 5.26 Å². The number of benzene rings is 1.